The van der Waals surface area contributed by atoms with Gasteiger partial charge in [-0.05, 0) is 52.7 Å². The molecule has 0 radical (unpaired) electrons. The van der Waals surface area contributed by atoms with E-state index < -0.39 is 0 Å². The molecule has 1 nitrogen and oxygen atoms in total. The van der Waals surface area contributed by atoms with E-state index in [1.54, 1.807) is 0 Å². The fourth-order valence-corrected chi connectivity index (χ4v) is 4.62. The molecule has 0 aliphatic rings. The molecule has 0 aliphatic heterocycles. The van der Waals surface area contributed by atoms with Gasteiger partial charge in [-0.3, -0.25) is 0 Å². The number of hydrogen-bond donors (Lipinski definition) is 0. The van der Waals surface area contributed by atoms with Crippen LogP contribution in [0.4, 0.5) is 0 Å². The van der Waals surface area contributed by atoms with Crippen molar-refractivity contribution in [3.05, 3.63) is 12.2 Å². The standard InChI is InChI=1S/C31H63N/c1-4-5-6-7-8-9-10-11-12-13-14-15-16-17-18-19-20-21-22-23-24-25-26-27-28-29-30-31-32(2)3/h11-12H,4-10,13-31H2,1-3H3/b12-11-. The fourth-order valence-electron chi connectivity index (χ4n) is 4.62. The molecular weight excluding hydrogens is 386 g/mol. The molecule has 32 heavy (non-hydrogen) atoms. The van der Waals surface area contributed by atoms with Gasteiger partial charge in [-0.2, -0.15) is 0 Å². The van der Waals surface area contributed by atoms with Gasteiger partial charge in [-0.25, -0.2) is 0 Å². The summed E-state index contributed by atoms with van der Waals surface area (Å²) >= 11 is 0. The van der Waals surface area contributed by atoms with Crippen molar-refractivity contribution in [2.45, 2.75) is 167 Å². The summed E-state index contributed by atoms with van der Waals surface area (Å²) < 4.78 is 0. The van der Waals surface area contributed by atoms with Gasteiger partial charge in [0, 0.05) is 0 Å². The molecule has 0 bridgehead atoms. The van der Waals surface area contributed by atoms with E-state index in [9.17, 15) is 0 Å². The maximum atomic E-state index is 2.44. The van der Waals surface area contributed by atoms with Gasteiger partial charge in [0.05, 0.1) is 0 Å². The van der Waals surface area contributed by atoms with Gasteiger partial charge < -0.3 is 4.90 Å². The first-order valence-electron chi connectivity index (χ1n) is 15.1. The van der Waals surface area contributed by atoms with Crippen LogP contribution >= 0.6 is 0 Å². The van der Waals surface area contributed by atoms with Crippen molar-refractivity contribution in [2.75, 3.05) is 20.6 Å². The Balaban J connectivity index is 3.05. The molecule has 0 aliphatic carbocycles. The van der Waals surface area contributed by atoms with Crippen LogP contribution in [0, 0.1) is 0 Å². The van der Waals surface area contributed by atoms with Gasteiger partial charge in [-0.15, -0.1) is 0 Å². The number of rotatable bonds is 27. The SMILES string of the molecule is CCCCCCCC/C=C\CCCCCCCCCCCCCCCCCCCN(C)C. The summed E-state index contributed by atoms with van der Waals surface area (Å²) in [5.41, 5.74) is 0. The van der Waals surface area contributed by atoms with Crippen molar-refractivity contribution in [1.29, 1.82) is 0 Å². The molecule has 0 saturated carbocycles. The fraction of sp³-hybridized carbons (Fsp3) is 0.935. The second-order valence-corrected chi connectivity index (χ2v) is 10.6. The van der Waals surface area contributed by atoms with Crippen LogP contribution in [0.3, 0.4) is 0 Å². The predicted molar refractivity (Wildman–Crippen MR) is 149 cm³/mol. The highest BCUT2D eigenvalue weighted by atomic mass is 15.0. The summed E-state index contributed by atoms with van der Waals surface area (Å²) in [6, 6.07) is 0. The lowest BCUT2D eigenvalue weighted by Gasteiger charge is -2.08. The zero-order chi connectivity index (χ0) is 23.4. The summed E-state index contributed by atoms with van der Waals surface area (Å²) in [5.74, 6) is 0. The summed E-state index contributed by atoms with van der Waals surface area (Å²) in [6.07, 6.45) is 40.8. The molecule has 0 aromatic rings. The number of unbranched alkanes of at least 4 members (excludes halogenated alkanes) is 23. The molecule has 0 aromatic carbocycles. The molecule has 0 rings (SSSR count). The van der Waals surface area contributed by atoms with Gasteiger partial charge in [0.25, 0.3) is 0 Å². The molecule has 1 heteroatoms. The van der Waals surface area contributed by atoms with Gasteiger partial charge in [-0.1, -0.05) is 147 Å². The molecule has 0 atom stereocenters. The minimum atomic E-state index is 1.26. The molecular formula is C31H63N. The van der Waals surface area contributed by atoms with Crippen molar-refractivity contribution in [3.8, 4) is 0 Å². The molecule has 0 unspecified atom stereocenters. The maximum absolute atomic E-state index is 2.44. The third kappa shape index (κ3) is 29.7. The smallest absolute Gasteiger partial charge is 0.00248 e. The second-order valence-electron chi connectivity index (χ2n) is 10.6. The quantitative estimate of drug-likeness (QED) is 0.0889. The zero-order valence-electron chi connectivity index (χ0n) is 23.0. The van der Waals surface area contributed by atoms with Crippen LogP contribution in [0.25, 0.3) is 0 Å². The molecule has 0 heterocycles. The summed E-state index contributed by atoms with van der Waals surface area (Å²) in [5, 5.41) is 0. The molecule has 0 spiro atoms. The lowest BCUT2D eigenvalue weighted by Crippen LogP contribution is -2.12. The maximum Gasteiger partial charge on any atom is -0.00248 e. The van der Waals surface area contributed by atoms with Crippen LogP contribution in [0.15, 0.2) is 12.2 Å². The van der Waals surface area contributed by atoms with Crippen molar-refractivity contribution in [1.82, 2.24) is 4.90 Å². The van der Waals surface area contributed by atoms with Crippen LogP contribution < -0.4 is 0 Å². The molecule has 0 fully saturated rings. The molecule has 0 aromatic heterocycles. The highest BCUT2D eigenvalue weighted by molar-refractivity contribution is 4.81. The summed E-state index contributed by atoms with van der Waals surface area (Å²) in [4.78, 5) is 2.30. The van der Waals surface area contributed by atoms with Crippen LogP contribution in [-0.2, 0) is 0 Å². The Bertz CT molecular complexity index is 346. The first-order valence-corrected chi connectivity index (χ1v) is 15.1. The average molecular weight is 450 g/mol. The van der Waals surface area contributed by atoms with E-state index >= 15 is 0 Å². The van der Waals surface area contributed by atoms with E-state index in [1.165, 1.54) is 167 Å². The van der Waals surface area contributed by atoms with Crippen LogP contribution in [0.5, 0.6) is 0 Å². The van der Waals surface area contributed by atoms with Gasteiger partial charge >= 0.3 is 0 Å². The first kappa shape index (κ1) is 31.7. The molecule has 0 N–H and O–H groups in total. The van der Waals surface area contributed by atoms with E-state index in [0.29, 0.717) is 0 Å². The van der Waals surface area contributed by atoms with Gasteiger partial charge in [0.2, 0.25) is 0 Å². The number of nitrogens with zero attached hydrogens (tertiary/aromatic N) is 1. The predicted octanol–water partition coefficient (Wildman–Crippen LogP) is 10.9. The Hall–Kier alpha value is -0.300. The molecule has 0 saturated heterocycles. The zero-order valence-corrected chi connectivity index (χ0v) is 23.0. The van der Waals surface area contributed by atoms with Crippen molar-refractivity contribution in [2.24, 2.45) is 0 Å². The summed E-state index contributed by atoms with van der Waals surface area (Å²) in [7, 11) is 4.36. The van der Waals surface area contributed by atoms with Crippen LogP contribution in [0.1, 0.15) is 167 Å². The third-order valence-corrected chi connectivity index (χ3v) is 6.87. The van der Waals surface area contributed by atoms with E-state index in [0.717, 1.165) is 0 Å². The lowest BCUT2D eigenvalue weighted by molar-refractivity contribution is 0.389. The topological polar surface area (TPSA) is 3.24 Å². The number of allylic oxidation sites excluding steroid dienone is 2. The van der Waals surface area contributed by atoms with E-state index in [1.807, 2.05) is 0 Å². The Labute approximate surface area is 205 Å². The Morgan fingerprint density at radius 3 is 0.969 bits per heavy atom. The van der Waals surface area contributed by atoms with Crippen molar-refractivity contribution >= 4 is 0 Å². The molecule has 0 amide bonds. The highest BCUT2D eigenvalue weighted by Crippen LogP contribution is 2.14. The van der Waals surface area contributed by atoms with Gasteiger partial charge in [0.15, 0.2) is 0 Å². The normalized spacial score (nSPS) is 11.9. The van der Waals surface area contributed by atoms with E-state index in [2.05, 4.69) is 38.1 Å². The van der Waals surface area contributed by atoms with Gasteiger partial charge in [0.1, 0.15) is 0 Å². The second kappa shape index (κ2) is 28.7. The highest BCUT2D eigenvalue weighted by Gasteiger charge is 1.96. The monoisotopic (exact) mass is 449 g/mol. The Morgan fingerprint density at radius 2 is 0.656 bits per heavy atom. The largest absolute Gasteiger partial charge is 0.309 e. The third-order valence-electron chi connectivity index (χ3n) is 6.87. The number of hydrogen-bond acceptors (Lipinski definition) is 1. The van der Waals surface area contributed by atoms with Crippen molar-refractivity contribution < 1.29 is 0 Å². The van der Waals surface area contributed by atoms with Crippen LogP contribution in [0.2, 0.25) is 0 Å². The van der Waals surface area contributed by atoms with E-state index in [-0.39, 0.29) is 0 Å². The van der Waals surface area contributed by atoms with E-state index in [4.69, 9.17) is 0 Å². The Kier molecular flexibility index (Phi) is 28.5. The lowest BCUT2D eigenvalue weighted by atomic mass is 10.0. The van der Waals surface area contributed by atoms with Crippen molar-refractivity contribution in [3.63, 3.8) is 0 Å². The molecule has 192 valence electrons. The summed E-state index contributed by atoms with van der Waals surface area (Å²) in [6.45, 7) is 3.56. The minimum absolute atomic E-state index is 1.26. The van der Waals surface area contributed by atoms with Crippen LogP contribution in [-0.4, -0.2) is 25.5 Å². The minimum Gasteiger partial charge on any atom is -0.309 e. The average Bonchev–Trinajstić information content (AvgIpc) is 2.78. The first-order chi connectivity index (χ1) is 15.8. The Morgan fingerprint density at radius 1 is 0.375 bits per heavy atom.